The largest absolute Gasteiger partial charge is 0.394 e. The fourth-order valence-electron chi connectivity index (χ4n) is 1.68. The second-order valence-corrected chi connectivity index (χ2v) is 4.26. The van der Waals surface area contributed by atoms with E-state index in [1.807, 2.05) is 0 Å². The first kappa shape index (κ1) is 15.4. The summed E-state index contributed by atoms with van der Waals surface area (Å²) in [5.74, 6) is -0.218. The van der Waals surface area contributed by atoms with Crippen LogP contribution in [-0.2, 0) is 4.79 Å². The third-order valence-electron chi connectivity index (χ3n) is 2.65. The summed E-state index contributed by atoms with van der Waals surface area (Å²) in [5, 5.41) is 21.3. The molecule has 2 unspecified atom stereocenters. The van der Waals surface area contributed by atoms with Crippen LogP contribution in [0.3, 0.4) is 0 Å². The van der Waals surface area contributed by atoms with Gasteiger partial charge in [-0.15, -0.1) is 0 Å². The van der Waals surface area contributed by atoms with Gasteiger partial charge in [-0.3, -0.25) is 4.79 Å². The average molecular weight is 231 g/mol. The van der Waals surface area contributed by atoms with Gasteiger partial charge in [0.2, 0.25) is 5.91 Å². The minimum atomic E-state index is -0.643. The van der Waals surface area contributed by atoms with Crippen molar-refractivity contribution in [3.63, 3.8) is 0 Å². The number of hydrogen-bond acceptors (Lipinski definition) is 3. The standard InChI is InChI=1S/C12H25NO3/c1-3-4-5-6-7-8-12(16)11(9-14)13-10(2)15/h11-12,14,16H,3-9H2,1-2H3,(H,13,15). The van der Waals surface area contributed by atoms with E-state index in [1.165, 1.54) is 26.2 Å². The predicted octanol–water partition coefficient (Wildman–Crippen LogP) is 1.20. The molecule has 3 N–H and O–H groups in total. The highest BCUT2D eigenvalue weighted by molar-refractivity contribution is 5.73. The van der Waals surface area contributed by atoms with E-state index in [9.17, 15) is 9.90 Å². The number of aliphatic hydroxyl groups excluding tert-OH is 2. The van der Waals surface area contributed by atoms with Crippen LogP contribution in [0.2, 0.25) is 0 Å². The van der Waals surface area contributed by atoms with Crippen LogP contribution in [-0.4, -0.2) is 34.9 Å². The van der Waals surface area contributed by atoms with Gasteiger partial charge in [0.1, 0.15) is 0 Å². The highest BCUT2D eigenvalue weighted by Crippen LogP contribution is 2.09. The Morgan fingerprint density at radius 1 is 1.25 bits per heavy atom. The molecule has 0 rings (SSSR count). The fraction of sp³-hybridized carbons (Fsp3) is 0.917. The number of carbonyl (C=O) groups is 1. The molecule has 0 aromatic heterocycles. The first-order valence-corrected chi connectivity index (χ1v) is 6.17. The first-order valence-electron chi connectivity index (χ1n) is 6.17. The second kappa shape index (κ2) is 9.60. The van der Waals surface area contributed by atoms with Gasteiger partial charge in [-0.05, 0) is 6.42 Å². The zero-order chi connectivity index (χ0) is 12.4. The molecule has 4 heteroatoms. The zero-order valence-electron chi connectivity index (χ0n) is 10.4. The van der Waals surface area contributed by atoms with Gasteiger partial charge in [0.05, 0.1) is 18.8 Å². The average Bonchev–Trinajstić information content (AvgIpc) is 2.25. The minimum absolute atomic E-state index is 0.213. The normalized spacial score (nSPS) is 14.5. The van der Waals surface area contributed by atoms with E-state index >= 15 is 0 Å². The van der Waals surface area contributed by atoms with Gasteiger partial charge in [0.25, 0.3) is 0 Å². The van der Waals surface area contributed by atoms with E-state index in [0.29, 0.717) is 6.42 Å². The highest BCUT2D eigenvalue weighted by atomic mass is 16.3. The van der Waals surface area contributed by atoms with Gasteiger partial charge in [0, 0.05) is 6.92 Å². The Morgan fingerprint density at radius 3 is 2.38 bits per heavy atom. The van der Waals surface area contributed by atoms with Gasteiger partial charge < -0.3 is 15.5 Å². The molecule has 0 aliphatic heterocycles. The van der Waals surface area contributed by atoms with Crippen molar-refractivity contribution in [3.8, 4) is 0 Å². The van der Waals surface area contributed by atoms with Crippen molar-refractivity contribution < 1.29 is 15.0 Å². The molecule has 0 fully saturated rings. The summed E-state index contributed by atoms with van der Waals surface area (Å²) in [5.41, 5.74) is 0. The topological polar surface area (TPSA) is 69.6 Å². The van der Waals surface area contributed by atoms with Gasteiger partial charge in [-0.25, -0.2) is 0 Å². The van der Waals surface area contributed by atoms with Crippen LogP contribution < -0.4 is 5.32 Å². The SMILES string of the molecule is CCCCCCCC(O)C(CO)NC(C)=O. The lowest BCUT2D eigenvalue weighted by Crippen LogP contribution is -2.44. The Kier molecular flexibility index (Phi) is 9.24. The molecule has 2 atom stereocenters. The lowest BCUT2D eigenvalue weighted by molar-refractivity contribution is -0.121. The van der Waals surface area contributed by atoms with Gasteiger partial charge in [-0.1, -0.05) is 39.0 Å². The first-order chi connectivity index (χ1) is 7.61. The molecule has 0 aliphatic carbocycles. The van der Waals surface area contributed by atoms with Crippen molar-refractivity contribution in [2.45, 2.75) is 64.5 Å². The number of hydrogen-bond donors (Lipinski definition) is 3. The molecule has 4 nitrogen and oxygen atoms in total. The maximum Gasteiger partial charge on any atom is 0.217 e. The van der Waals surface area contributed by atoms with E-state index in [2.05, 4.69) is 12.2 Å². The third kappa shape index (κ3) is 7.65. The summed E-state index contributed by atoms with van der Waals surface area (Å²) in [7, 11) is 0. The van der Waals surface area contributed by atoms with Crippen molar-refractivity contribution in [2.24, 2.45) is 0 Å². The van der Waals surface area contributed by atoms with Crippen LogP contribution in [0.5, 0.6) is 0 Å². The van der Waals surface area contributed by atoms with Crippen LogP contribution >= 0.6 is 0 Å². The molecule has 96 valence electrons. The van der Waals surface area contributed by atoms with Crippen LogP contribution in [0.1, 0.15) is 52.4 Å². The van der Waals surface area contributed by atoms with Gasteiger partial charge in [0.15, 0.2) is 0 Å². The van der Waals surface area contributed by atoms with Crippen molar-refractivity contribution in [1.29, 1.82) is 0 Å². The minimum Gasteiger partial charge on any atom is -0.394 e. The van der Waals surface area contributed by atoms with E-state index in [-0.39, 0.29) is 12.5 Å². The molecule has 0 bridgehead atoms. The monoisotopic (exact) mass is 231 g/mol. The molecule has 0 radical (unpaired) electrons. The molecule has 0 aliphatic rings. The number of aliphatic hydroxyl groups is 2. The van der Waals surface area contributed by atoms with Crippen molar-refractivity contribution in [1.82, 2.24) is 5.32 Å². The highest BCUT2D eigenvalue weighted by Gasteiger charge is 2.18. The van der Waals surface area contributed by atoms with E-state index in [4.69, 9.17) is 5.11 Å². The number of rotatable bonds is 9. The lowest BCUT2D eigenvalue weighted by atomic mass is 10.0. The Balaban J connectivity index is 3.66. The summed E-state index contributed by atoms with van der Waals surface area (Å²) in [6.45, 7) is 3.33. The van der Waals surface area contributed by atoms with Crippen LogP contribution in [0.4, 0.5) is 0 Å². The number of unbranched alkanes of at least 4 members (excludes halogenated alkanes) is 4. The van der Waals surface area contributed by atoms with Crippen molar-refractivity contribution >= 4 is 5.91 Å². The van der Waals surface area contributed by atoms with E-state index in [0.717, 1.165) is 12.8 Å². The molecule has 0 saturated heterocycles. The predicted molar refractivity (Wildman–Crippen MR) is 64.1 cm³/mol. The van der Waals surface area contributed by atoms with Gasteiger partial charge in [-0.2, -0.15) is 0 Å². The van der Waals surface area contributed by atoms with Gasteiger partial charge >= 0.3 is 0 Å². The molecule has 0 aromatic rings. The molecular formula is C12H25NO3. The Morgan fingerprint density at radius 2 is 1.88 bits per heavy atom. The smallest absolute Gasteiger partial charge is 0.217 e. The molecule has 0 spiro atoms. The Bertz CT molecular complexity index is 185. The van der Waals surface area contributed by atoms with Crippen molar-refractivity contribution in [3.05, 3.63) is 0 Å². The number of amides is 1. The molecule has 16 heavy (non-hydrogen) atoms. The zero-order valence-corrected chi connectivity index (χ0v) is 10.4. The molecule has 0 heterocycles. The second-order valence-electron chi connectivity index (χ2n) is 4.26. The summed E-state index contributed by atoms with van der Waals surface area (Å²) >= 11 is 0. The summed E-state index contributed by atoms with van der Waals surface area (Å²) < 4.78 is 0. The van der Waals surface area contributed by atoms with Crippen molar-refractivity contribution in [2.75, 3.05) is 6.61 Å². The maximum absolute atomic E-state index is 10.8. The lowest BCUT2D eigenvalue weighted by Gasteiger charge is -2.21. The number of nitrogens with one attached hydrogen (secondary N) is 1. The van der Waals surface area contributed by atoms with E-state index in [1.54, 1.807) is 0 Å². The molecular weight excluding hydrogens is 206 g/mol. The quantitative estimate of drug-likeness (QED) is 0.522. The van der Waals surface area contributed by atoms with Crippen LogP contribution in [0.25, 0.3) is 0 Å². The van der Waals surface area contributed by atoms with E-state index < -0.39 is 12.1 Å². The fourth-order valence-corrected chi connectivity index (χ4v) is 1.68. The Hall–Kier alpha value is -0.610. The van der Waals surface area contributed by atoms with Crippen LogP contribution in [0.15, 0.2) is 0 Å². The summed E-state index contributed by atoms with van der Waals surface area (Å²) in [4.78, 5) is 10.8. The maximum atomic E-state index is 10.8. The molecule has 0 aromatic carbocycles. The summed E-state index contributed by atoms with van der Waals surface area (Å²) in [6, 6.07) is -0.524. The summed E-state index contributed by atoms with van der Waals surface area (Å²) in [6.07, 6.45) is 5.65. The molecule has 0 saturated carbocycles. The third-order valence-corrected chi connectivity index (χ3v) is 2.65. The molecule has 1 amide bonds. The van der Waals surface area contributed by atoms with Crippen LogP contribution in [0, 0.1) is 0 Å². The number of carbonyl (C=O) groups excluding carboxylic acids is 1. The Labute approximate surface area is 98.1 Å².